The number of benzene rings is 1. The smallest absolute Gasteiger partial charge is 0.254 e. The van der Waals surface area contributed by atoms with Gasteiger partial charge in [-0.25, -0.2) is 0 Å². The quantitative estimate of drug-likeness (QED) is 0.815. The van der Waals surface area contributed by atoms with E-state index in [0.29, 0.717) is 6.04 Å². The van der Waals surface area contributed by atoms with Gasteiger partial charge in [-0.1, -0.05) is 6.07 Å². The van der Waals surface area contributed by atoms with E-state index < -0.39 is 0 Å². The number of fused-ring (bicyclic) bond motifs is 1. The zero-order valence-electron chi connectivity index (χ0n) is 14.5. The first kappa shape index (κ1) is 20.3. The number of nitrogens with zero attached hydrogens (tertiary/aromatic N) is 2. The van der Waals surface area contributed by atoms with Crippen LogP contribution in [0.5, 0.6) is 0 Å². The van der Waals surface area contributed by atoms with Gasteiger partial charge in [0.15, 0.2) is 0 Å². The Morgan fingerprint density at radius 3 is 2.68 bits per heavy atom. The second kappa shape index (κ2) is 9.08. The largest absolute Gasteiger partial charge is 0.385 e. The van der Waals surface area contributed by atoms with Gasteiger partial charge < -0.3 is 15.5 Å². The second-order valence-corrected chi connectivity index (χ2v) is 6.84. The highest BCUT2D eigenvalue weighted by Gasteiger charge is 2.32. The van der Waals surface area contributed by atoms with Crippen molar-refractivity contribution in [2.24, 2.45) is 0 Å². The second-order valence-electron chi connectivity index (χ2n) is 6.84. The molecule has 0 radical (unpaired) electrons. The number of likely N-dealkylation sites (tertiary alicyclic amines) is 1. The van der Waals surface area contributed by atoms with Crippen molar-refractivity contribution in [1.82, 2.24) is 15.1 Å². The molecule has 1 amide bonds. The van der Waals surface area contributed by atoms with Crippen LogP contribution >= 0.6 is 24.8 Å². The Morgan fingerprint density at radius 1 is 1.08 bits per heavy atom. The van der Waals surface area contributed by atoms with E-state index in [9.17, 15) is 4.79 Å². The highest BCUT2D eigenvalue weighted by Crippen LogP contribution is 2.27. The summed E-state index contributed by atoms with van der Waals surface area (Å²) in [5.41, 5.74) is 3.28. The average molecular weight is 387 g/mol. The van der Waals surface area contributed by atoms with Crippen LogP contribution in [0.15, 0.2) is 18.2 Å². The molecule has 0 bridgehead atoms. The summed E-state index contributed by atoms with van der Waals surface area (Å²) in [6, 6.07) is 6.65. The van der Waals surface area contributed by atoms with Crippen LogP contribution in [0.1, 0.15) is 28.8 Å². The van der Waals surface area contributed by atoms with Gasteiger partial charge in [0.05, 0.1) is 0 Å². The predicted molar refractivity (Wildman–Crippen MR) is 106 cm³/mol. The normalized spacial score (nSPS) is 23.0. The summed E-state index contributed by atoms with van der Waals surface area (Å²) >= 11 is 0. The Balaban J connectivity index is 0.00000113. The zero-order chi connectivity index (χ0) is 15.6. The number of hydrogen-bond acceptors (Lipinski definition) is 4. The van der Waals surface area contributed by atoms with E-state index >= 15 is 0 Å². The van der Waals surface area contributed by atoms with E-state index in [0.717, 1.165) is 76.3 Å². The molecule has 2 fully saturated rings. The first-order valence-corrected chi connectivity index (χ1v) is 8.93. The van der Waals surface area contributed by atoms with Crippen molar-refractivity contribution in [3.05, 3.63) is 29.3 Å². The van der Waals surface area contributed by atoms with Gasteiger partial charge in [0, 0.05) is 63.1 Å². The molecule has 0 spiro atoms. The van der Waals surface area contributed by atoms with Gasteiger partial charge in [-0.05, 0) is 37.0 Å². The third-order valence-electron chi connectivity index (χ3n) is 5.44. The van der Waals surface area contributed by atoms with Gasteiger partial charge >= 0.3 is 0 Å². The number of hydrogen-bond donors (Lipinski definition) is 2. The summed E-state index contributed by atoms with van der Waals surface area (Å²) in [4.78, 5) is 17.6. The van der Waals surface area contributed by atoms with Crippen molar-refractivity contribution >= 4 is 36.4 Å². The highest BCUT2D eigenvalue weighted by atomic mass is 35.5. The summed E-state index contributed by atoms with van der Waals surface area (Å²) in [7, 11) is 0. The molecule has 1 unspecified atom stereocenters. The van der Waals surface area contributed by atoms with Crippen molar-refractivity contribution in [1.29, 1.82) is 0 Å². The van der Waals surface area contributed by atoms with Gasteiger partial charge in [0.25, 0.3) is 5.91 Å². The van der Waals surface area contributed by atoms with Crippen molar-refractivity contribution in [3.8, 4) is 0 Å². The minimum Gasteiger partial charge on any atom is -0.385 e. The van der Waals surface area contributed by atoms with Crippen molar-refractivity contribution in [3.63, 3.8) is 0 Å². The molecule has 2 saturated heterocycles. The topological polar surface area (TPSA) is 47.6 Å². The summed E-state index contributed by atoms with van der Waals surface area (Å²) < 4.78 is 0. The average Bonchev–Trinajstić information content (AvgIpc) is 3.11. The van der Waals surface area contributed by atoms with Crippen LogP contribution in [-0.4, -0.2) is 67.6 Å². The van der Waals surface area contributed by atoms with E-state index in [2.05, 4.69) is 26.5 Å². The first-order chi connectivity index (χ1) is 11.3. The Labute approximate surface area is 162 Å². The van der Waals surface area contributed by atoms with Gasteiger partial charge in [0.1, 0.15) is 0 Å². The minimum atomic E-state index is 0. The number of anilines is 1. The number of halogens is 2. The van der Waals surface area contributed by atoms with Crippen molar-refractivity contribution in [2.45, 2.75) is 25.3 Å². The van der Waals surface area contributed by atoms with E-state index in [1.807, 2.05) is 12.1 Å². The minimum absolute atomic E-state index is 0. The molecule has 0 aliphatic carbocycles. The molecule has 1 aromatic carbocycles. The molecule has 0 aromatic heterocycles. The molecule has 140 valence electrons. The van der Waals surface area contributed by atoms with Gasteiger partial charge in [0.2, 0.25) is 0 Å². The monoisotopic (exact) mass is 386 g/mol. The fraction of sp³-hybridized carbons (Fsp3) is 0.611. The molecular formula is C18H28Cl2N4O. The molecule has 7 heteroatoms. The SMILES string of the molecule is Cl.Cl.O=C(c1cccc2c1CCCN2)N1CCC(N2CCNCC2)C1. The van der Waals surface area contributed by atoms with Crippen molar-refractivity contribution in [2.75, 3.05) is 51.1 Å². The molecule has 4 rings (SSSR count). The van der Waals surface area contributed by atoms with E-state index in [-0.39, 0.29) is 30.7 Å². The molecule has 25 heavy (non-hydrogen) atoms. The molecule has 3 aliphatic heterocycles. The van der Waals surface area contributed by atoms with Crippen LogP contribution < -0.4 is 10.6 Å². The maximum atomic E-state index is 13.0. The highest BCUT2D eigenvalue weighted by molar-refractivity contribution is 5.97. The lowest BCUT2D eigenvalue weighted by molar-refractivity contribution is 0.0772. The lowest BCUT2D eigenvalue weighted by atomic mass is 9.97. The van der Waals surface area contributed by atoms with Gasteiger partial charge in [-0.3, -0.25) is 9.69 Å². The van der Waals surface area contributed by atoms with E-state index in [1.54, 1.807) is 0 Å². The van der Waals surface area contributed by atoms with Crippen LogP contribution in [0.2, 0.25) is 0 Å². The number of carbonyl (C=O) groups excluding carboxylic acids is 1. The summed E-state index contributed by atoms with van der Waals surface area (Å²) in [6.07, 6.45) is 3.24. The zero-order valence-corrected chi connectivity index (χ0v) is 16.1. The van der Waals surface area contributed by atoms with Crippen LogP contribution in [0.3, 0.4) is 0 Å². The lowest BCUT2D eigenvalue weighted by Crippen LogP contribution is -2.49. The number of piperazine rings is 1. The third-order valence-corrected chi connectivity index (χ3v) is 5.44. The maximum absolute atomic E-state index is 13.0. The Kier molecular flexibility index (Phi) is 7.37. The number of rotatable bonds is 2. The number of carbonyl (C=O) groups is 1. The van der Waals surface area contributed by atoms with Crippen molar-refractivity contribution < 1.29 is 4.79 Å². The number of nitrogens with one attached hydrogen (secondary N) is 2. The fourth-order valence-corrected chi connectivity index (χ4v) is 4.15. The summed E-state index contributed by atoms with van der Waals surface area (Å²) in [5.74, 6) is 0.225. The summed E-state index contributed by atoms with van der Waals surface area (Å²) in [6.45, 7) is 7.15. The van der Waals surface area contributed by atoms with E-state index in [1.165, 1.54) is 5.56 Å². The Hall–Kier alpha value is -1.01. The van der Waals surface area contributed by atoms with E-state index in [4.69, 9.17) is 0 Å². The Bertz CT molecular complexity index is 592. The predicted octanol–water partition coefficient (Wildman–Crippen LogP) is 2.01. The molecule has 1 atom stereocenters. The van der Waals surface area contributed by atoms with Crippen LogP contribution in [0, 0.1) is 0 Å². The summed E-state index contributed by atoms with van der Waals surface area (Å²) in [5, 5.41) is 6.83. The molecule has 2 N–H and O–H groups in total. The van der Waals surface area contributed by atoms with Gasteiger partial charge in [-0.2, -0.15) is 0 Å². The molecule has 1 aromatic rings. The molecular weight excluding hydrogens is 359 g/mol. The third kappa shape index (κ3) is 4.22. The van der Waals surface area contributed by atoms with Gasteiger partial charge in [-0.15, -0.1) is 24.8 Å². The lowest BCUT2D eigenvalue weighted by Gasteiger charge is -2.32. The van der Waals surface area contributed by atoms with Crippen LogP contribution in [0.25, 0.3) is 0 Å². The molecule has 3 heterocycles. The first-order valence-electron chi connectivity index (χ1n) is 8.93. The van der Waals surface area contributed by atoms with Crippen LogP contribution in [-0.2, 0) is 6.42 Å². The Morgan fingerprint density at radius 2 is 1.88 bits per heavy atom. The molecule has 3 aliphatic rings. The maximum Gasteiger partial charge on any atom is 0.254 e. The number of amides is 1. The standard InChI is InChI=1S/C18H26N4O.2ClH/c23-18(16-3-1-5-17-15(16)4-2-7-20-17)22-10-6-14(13-22)21-11-8-19-9-12-21;;/h1,3,5,14,19-20H,2,4,6-13H2;2*1H. The fourth-order valence-electron chi connectivity index (χ4n) is 4.15. The molecule has 5 nitrogen and oxygen atoms in total. The van der Waals surface area contributed by atoms with Crippen LogP contribution in [0.4, 0.5) is 5.69 Å². The molecule has 0 saturated carbocycles.